The van der Waals surface area contributed by atoms with Crippen molar-refractivity contribution in [1.82, 2.24) is 0 Å². The Morgan fingerprint density at radius 1 is 0.283 bits per heavy atom. The van der Waals surface area contributed by atoms with Crippen LogP contribution >= 0.6 is 15.6 Å². The Bertz CT molecular complexity index is 1890. The quantitative estimate of drug-likeness (QED) is 0.0222. The minimum Gasteiger partial charge on any atom is -0.462 e. The second-order valence-corrected chi connectivity index (χ2v) is 32.0. The lowest BCUT2D eigenvalue weighted by atomic mass is 9.99. The van der Waals surface area contributed by atoms with Crippen LogP contribution < -0.4 is 0 Å². The molecule has 0 radical (unpaired) electrons. The van der Waals surface area contributed by atoms with Gasteiger partial charge in [-0.05, 0) is 31.6 Å². The molecule has 17 nitrogen and oxygen atoms in total. The summed E-state index contributed by atoms with van der Waals surface area (Å²) in [5.41, 5.74) is 0. The van der Waals surface area contributed by atoms with Crippen LogP contribution in [0.2, 0.25) is 0 Å². The lowest BCUT2D eigenvalue weighted by Crippen LogP contribution is -2.30. The Labute approximate surface area is 607 Å². The summed E-state index contributed by atoms with van der Waals surface area (Å²) in [5.74, 6) is -1.24. The molecule has 0 heterocycles. The van der Waals surface area contributed by atoms with Crippen LogP contribution in [-0.4, -0.2) is 96.7 Å². The van der Waals surface area contributed by atoms with Gasteiger partial charge in [0.05, 0.1) is 26.4 Å². The van der Waals surface area contributed by atoms with Gasteiger partial charge >= 0.3 is 39.5 Å². The average molecular weight is 1450 g/mol. The highest BCUT2D eigenvalue weighted by molar-refractivity contribution is 7.47. The van der Waals surface area contributed by atoms with Crippen molar-refractivity contribution in [2.24, 2.45) is 5.92 Å². The summed E-state index contributed by atoms with van der Waals surface area (Å²) in [4.78, 5) is 72.8. The first-order valence-corrected chi connectivity index (χ1v) is 44.7. The molecule has 0 aliphatic rings. The highest BCUT2D eigenvalue weighted by Crippen LogP contribution is 2.45. The number of phosphoric ester groups is 2. The molecular formula is C80H156O17P2. The lowest BCUT2D eigenvalue weighted by molar-refractivity contribution is -0.161. The van der Waals surface area contributed by atoms with E-state index >= 15 is 0 Å². The number of rotatable bonds is 80. The third kappa shape index (κ3) is 72.8. The number of unbranched alkanes of at least 4 members (excludes halogenated alkanes) is 51. The molecule has 99 heavy (non-hydrogen) atoms. The van der Waals surface area contributed by atoms with Gasteiger partial charge in [0.15, 0.2) is 12.2 Å². The van der Waals surface area contributed by atoms with Gasteiger partial charge in [-0.3, -0.25) is 37.3 Å². The Hall–Kier alpha value is -1.94. The first kappa shape index (κ1) is 97.1. The maximum absolute atomic E-state index is 13.1. The third-order valence-electron chi connectivity index (χ3n) is 19.1. The zero-order valence-electron chi connectivity index (χ0n) is 64.6. The number of aliphatic hydroxyl groups excluding tert-OH is 1. The first-order valence-electron chi connectivity index (χ1n) is 41.7. The number of aliphatic hydroxyl groups is 1. The molecule has 588 valence electrons. The summed E-state index contributed by atoms with van der Waals surface area (Å²) in [7, 11) is -9.91. The minimum atomic E-state index is -4.96. The molecule has 0 aromatic heterocycles. The van der Waals surface area contributed by atoms with E-state index in [1.54, 1.807) is 0 Å². The number of hydrogen-bond acceptors (Lipinski definition) is 15. The van der Waals surface area contributed by atoms with Crippen molar-refractivity contribution in [1.29, 1.82) is 0 Å². The number of ether oxygens (including phenoxy) is 4. The molecule has 3 N–H and O–H groups in total. The van der Waals surface area contributed by atoms with Gasteiger partial charge in [0, 0.05) is 25.7 Å². The molecule has 0 rings (SSSR count). The molecule has 0 amide bonds. The number of hydrogen-bond donors (Lipinski definition) is 3. The van der Waals surface area contributed by atoms with Crippen LogP contribution in [0.3, 0.4) is 0 Å². The first-order chi connectivity index (χ1) is 48.1. The molecule has 0 aliphatic carbocycles. The van der Waals surface area contributed by atoms with Crippen molar-refractivity contribution in [3.05, 3.63) is 0 Å². The molecule has 0 bridgehead atoms. The van der Waals surface area contributed by atoms with E-state index in [1.807, 2.05) is 0 Å². The fourth-order valence-electron chi connectivity index (χ4n) is 12.4. The van der Waals surface area contributed by atoms with Gasteiger partial charge in [-0.15, -0.1) is 0 Å². The highest BCUT2D eigenvalue weighted by atomic mass is 31.2. The predicted octanol–water partition coefficient (Wildman–Crippen LogP) is 24.0. The van der Waals surface area contributed by atoms with Gasteiger partial charge in [0.2, 0.25) is 0 Å². The monoisotopic (exact) mass is 1450 g/mol. The van der Waals surface area contributed by atoms with Gasteiger partial charge in [0.1, 0.15) is 19.3 Å². The van der Waals surface area contributed by atoms with Crippen molar-refractivity contribution < 1.29 is 80.2 Å². The average Bonchev–Trinajstić information content (AvgIpc) is 1.13. The van der Waals surface area contributed by atoms with Crippen LogP contribution in [0.1, 0.15) is 426 Å². The maximum atomic E-state index is 13.1. The number of phosphoric acid groups is 2. The maximum Gasteiger partial charge on any atom is 0.472 e. The molecule has 19 heteroatoms. The summed E-state index contributed by atoms with van der Waals surface area (Å²) >= 11 is 0. The fraction of sp³-hybridized carbons (Fsp3) is 0.950. The molecule has 6 atom stereocenters. The second-order valence-electron chi connectivity index (χ2n) is 29.1. The molecule has 0 aliphatic heterocycles. The zero-order chi connectivity index (χ0) is 72.7. The molecule has 0 aromatic rings. The van der Waals surface area contributed by atoms with E-state index in [2.05, 4.69) is 34.6 Å². The Balaban J connectivity index is 5.15. The summed E-state index contributed by atoms with van der Waals surface area (Å²) in [6.45, 7) is 7.35. The van der Waals surface area contributed by atoms with E-state index in [0.717, 1.165) is 102 Å². The normalized spacial score (nSPS) is 14.1. The van der Waals surface area contributed by atoms with Crippen LogP contribution in [0.5, 0.6) is 0 Å². The predicted molar refractivity (Wildman–Crippen MR) is 405 cm³/mol. The van der Waals surface area contributed by atoms with Gasteiger partial charge in [0.25, 0.3) is 0 Å². The van der Waals surface area contributed by atoms with E-state index in [1.165, 1.54) is 244 Å². The molecule has 0 aromatic carbocycles. The Morgan fingerprint density at radius 3 is 0.717 bits per heavy atom. The number of carbonyl (C=O) groups excluding carboxylic acids is 4. The zero-order valence-corrected chi connectivity index (χ0v) is 66.4. The second kappa shape index (κ2) is 73.0. The van der Waals surface area contributed by atoms with E-state index in [-0.39, 0.29) is 25.7 Å². The van der Waals surface area contributed by atoms with E-state index in [4.69, 9.17) is 37.0 Å². The molecule has 3 unspecified atom stereocenters. The molecule has 0 saturated heterocycles. The SMILES string of the molecule is CCCCCCCCCCCCCCCCCCCCCC(=O)OC[C@H](COP(=O)(O)OC[C@@H](O)COP(=O)(O)OC[C@@H](COC(=O)CCCCCCCCCC)OC(=O)CCCCCCCCCCCC)OC(=O)CCCCCCCCCCCCCCCCCCCCC(C)CC. The van der Waals surface area contributed by atoms with Crippen molar-refractivity contribution in [3.8, 4) is 0 Å². The van der Waals surface area contributed by atoms with E-state index in [9.17, 15) is 43.2 Å². The van der Waals surface area contributed by atoms with Gasteiger partial charge < -0.3 is 33.8 Å². The molecule has 0 saturated carbocycles. The molecule has 0 spiro atoms. The van der Waals surface area contributed by atoms with E-state index < -0.39 is 97.5 Å². The fourth-order valence-corrected chi connectivity index (χ4v) is 14.0. The van der Waals surface area contributed by atoms with Gasteiger partial charge in [-0.2, -0.15) is 0 Å². The van der Waals surface area contributed by atoms with Crippen molar-refractivity contribution in [2.45, 2.75) is 445 Å². The van der Waals surface area contributed by atoms with Crippen LogP contribution in [-0.2, 0) is 65.4 Å². The van der Waals surface area contributed by atoms with Crippen molar-refractivity contribution in [2.75, 3.05) is 39.6 Å². The number of carbonyl (C=O) groups is 4. The van der Waals surface area contributed by atoms with Crippen molar-refractivity contribution >= 4 is 39.5 Å². The minimum absolute atomic E-state index is 0.107. The molecular weight excluding hydrogens is 1290 g/mol. The van der Waals surface area contributed by atoms with Crippen LogP contribution in [0.4, 0.5) is 0 Å². The number of esters is 4. The van der Waals surface area contributed by atoms with E-state index in [0.29, 0.717) is 25.7 Å². The Kier molecular flexibility index (Phi) is 71.6. The largest absolute Gasteiger partial charge is 0.472 e. The van der Waals surface area contributed by atoms with Gasteiger partial charge in [-0.25, -0.2) is 9.13 Å². The molecule has 0 fully saturated rings. The van der Waals surface area contributed by atoms with Crippen LogP contribution in [0.25, 0.3) is 0 Å². The summed E-state index contributed by atoms with van der Waals surface area (Å²) in [5, 5.41) is 10.6. The smallest absolute Gasteiger partial charge is 0.462 e. The summed E-state index contributed by atoms with van der Waals surface area (Å²) < 4.78 is 68.5. The summed E-state index contributed by atoms with van der Waals surface area (Å²) in [6, 6.07) is 0. The lowest BCUT2D eigenvalue weighted by Gasteiger charge is -2.21. The van der Waals surface area contributed by atoms with Gasteiger partial charge in [-0.1, -0.05) is 375 Å². The topological polar surface area (TPSA) is 237 Å². The summed E-state index contributed by atoms with van der Waals surface area (Å²) in [6.07, 6.45) is 64.0. The third-order valence-corrected chi connectivity index (χ3v) is 21.0. The van der Waals surface area contributed by atoms with Crippen LogP contribution in [0.15, 0.2) is 0 Å². The van der Waals surface area contributed by atoms with Crippen molar-refractivity contribution in [3.63, 3.8) is 0 Å². The Morgan fingerprint density at radius 2 is 0.485 bits per heavy atom. The van der Waals surface area contributed by atoms with Crippen LogP contribution in [0, 0.1) is 5.92 Å². The highest BCUT2D eigenvalue weighted by Gasteiger charge is 2.30. The standard InChI is InChI=1S/C80H156O17P2/c1-6-10-13-16-19-22-24-25-26-27-28-32-35-38-41-45-49-54-59-64-78(83)91-70-76(97-80(85)66-61-56-51-46-42-39-36-33-30-29-31-34-37-40-43-47-52-57-62-73(5)9-4)72-95-99(88,89)93-68-74(81)67-92-98(86,87)94-71-75(69-90-77(82)63-58-53-48-21-18-15-12-8-3)96-79(84)65-60-55-50-44-23-20-17-14-11-7-2/h73-76,81H,6-72H2,1-5H3,(H,86,87)(H,88,89)/t73?,74-,75+,76+/m0/s1.